The van der Waals surface area contributed by atoms with Crippen LogP contribution >= 0.6 is 0 Å². The number of anilines is 2. The first kappa shape index (κ1) is 17.3. The van der Waals surface area contributed by atoms with E-state index in [2.05, 4.69) is 10.6 Å². The van der Waals surface area contributed by atoms with Gasteiger partial charge in [0.15, 0.2) is 0 Å². The van der Waals surface area contributed by atoms with Crippen LogP contribution in [0.25, 0.3) is 5.69 Å². The summed E-state index contributed by atoms with van der Waals surface area (Å²) in [6.07, 6.45) is 3.88. The van der Waals surface area contributed by atoms with Gasteiger partial charge in [0.1, 0.15) is 5.75 Å². The van der Waals surface area contributed by atoms with Crippen molar-refractivity contribution in [3.05, 3.63) is 72.6 Å². The van der Waals surface area contributed by atoms with Crippen LogP contribution in [0.3, 0.4) is 0 Å². The molecule has 2 N–H and O–H groups in total. The lowest BCUT2D eigenvalue weighted by Gasteiger charge is -2.12. The highest BCUT2D eigenvalue weighted by atomic mass is 16.5. The number of amides is 2. The van der Waals surface area contributed by atoms with Gasteiger partial charge in [0.25, 0.3) is 5.91 Å². The van der Waals surface area contributed by atoms with Gasteiger partial charge < -0.3 is 19.9 Å². The standard InChI is InChI=1S/C20H19N3O3/c1-14(24)21-18-13-16(7-10-19(18)26-2)22-20(25)15-5-8-17(9-6-15)23-11-3-4-12-23/h3-13H,1-2H3,(H,21,24)(H,22,25). The summed E-state index contributed by atoms with van der Waals surface area (Å²) in [5, 5.41) is 5.51. The zero-order valence-corrected chi connectivity index (χ0v) is 14.5. The molecule has 3 rings (SSSR count). The summed E-state index contributed by atoms with van der Waals surface area (Å²) >= 11 is 0. The number of benzene rings is 2. The van der Waals surface area contributed by atoms with Crippen LogP contribution in [0.15, 0.2) is 67.0 Å². The third kappa shape index (κ3) is 3.92. The van der Waals surface area contributed by atoms with Crippen LogP contribution in [-0.4, -0.2) is 23.5 Å². The smallest absolute Gasteiger partial charge is 0.255 e. The first-order valence-electron chi connectivity index (χ1n) is 8.07. The third-order valence-corrected chi connectivity index (χ3v) is 3.80. The van der Waals surface area contributed by atoms with E-state index < -0.39 is 0 Å². The summed E-state index contributed by atoms with van der Waals surface area (Å²) < 4.78 is 7.17. The second-order valence-electron chi connectivity index (χ2n) is 5.69. The number of carbonyl (C=O) groups excluding carboxylic acids is 2. The molecule has 6 nitrogen and oxygen atoms in total. The monoisotopic (exact) mass is 349 g/mol. The molecule has 1 heterocycles. The second kappa shape index (κ2) is 7.57. The Morgan fingerprint density at radius 2 is 1.65 bits per heavy atom. The molecule has 2 amide bonds. The van der Waals surface area contributed by atoms with Crippen molar-refractivity contribution in [2.24, 2.45) is 0 Å². The highest BCUT2D eigenvalue weighted by Gasteiger charge is 2.10. The Labute approximate surface area is 151 Å². The van der Waals surface area contributed by atoms with E-state index in [0.29, 0.717) is 22.7 Å². The van der Waals surface area contributed by atoms with Crippen molar-refractivity contribution >= 4 is 23.2 Å². The Morgan fingerprint density at radius 1 is 0.962 bits per heavy atom. The summed E-state index contributed by atoms with van der Waals surface area (Å²) in [5.41, 5.74) is 2.58. The SMILES string of the molecule is COc1ccc(NC(=O)c2ccc(-n3cccc3)cc2)cc1NC(C)=O. The van der Waals surface area contributed by atoms with Crippen molar-refractivity contribution in [1.29, 1.82) is 0 Å². The number of hydrogen-bond donors (Lipinski definition) is 2. The molecular formula is C20H19N3O3. The van der Waals surface area contributed by atoms with E-state index in [9.17, 15) is 9.59 Å². The topological polar surface area (TPSA) is 72.4 Å². The minimum absolute atomic E-state index is 0.215. The van der Waals surface area contributed by atoms with Crippen LogP contribution in [0.4, 0.5) is 11.4 Å². The van der Waals surface area contributed by atoms with Crippen LogP contribution in [-0.2, 0) is 4.79 Å². The average Bonchev–Trinajstić information content (AvgIpc) is 3.16. The predicted molar refractivity (Wildman–Crippen MR) is 101 cm³/mol. The van der Waals surface area contributed by atoms with Crippen molar-refractivity contribution in [1.82, 2.24) is 4.57 Å². The van der Waals surface area contributed by atoms with Crippen LogP contribution < -0.4 is 15.4 Å². The molecule has 6 heteroatoms. The Bertz CT molecular complexity index is 916. The normalized spacial score (nSPS) is 10.2. The fraction of sp³-hybridized carbons (Fsp3) is 0.100. The van der Waals surface area contributed by atoms with E-state index in [1.54, 1.807) is 30.3 Å². The summed E-state index contributed by atoms with van der Waals surface area (Å²) in [7, 11) is 1.52. The van der Waals surface area contributed by atoms with Crippen molar-refractivity contribution in [2.75, 3.05) is 17.7 Å². The van der Waals surface area contributed by atoms with Crippen LogP contribution in [0, 0.1) is 0 Å². The summed E-state index contributed by atoms with van der Waals surface area (Å²) in [4.78, 5) is 23.8. The Morgan fingerprint density at radius 3 is 2.27 bits per heavy atom. The summed E-state index contributed by atoms with van der Waals surface area (Å²) in [5.74, 6) is 0.0737. The predicted octanol–water partition coefficient (Wildman–Crippen LogP) is 3.70. The number of nitrogens with zero attached hydrogens (tertiary/aromatic N) is 1. The molecule has 0 atom stereocenters. The van der Waals surface area contributed by atoms with Crippen molar-refractivity contribution in [2.45, 2.75) is 6.92 Å². The molecule has 0 bridgehead atoms. The van der Waals surface area contributed by atoms with E-state index in [-0.39, 0.29) is 11.8 Å². The summed E-state index contributed by atoms with van der Waals surface area (Å²) in [6, 6.07) is 16.2. The van der Waals surface area contributed by atoms with Gasteiger partial charge in [-0.1, -0.05) is 0 Å². The first-order valence-corrected chi connectivity index (χ1v) is 8.07. The molecule has 0 radical (unpaired) electrons. The second-order valence-corrected chi connectivity index (χ2v) is 5.69. The maximum Gasteiger partial charge on any atom is 0.255 e. The third-order valence-electron chi connectivity index (χ3n) is 3.80. The molecule has 132 valence electrons. The molecule has 0 unspecified atom stereocenters. The first-order chi connectivity index (χ1) is 12.6. The van der Waals surface area contributed by atoms with Gasteiger partial charge in [0, 0.05) is 36.3 Å². The number of methoxy groups -OCH3 is 1. The molecule has 0 aliphatic rings. The Balaban J connectivity index is 1.76. The Hall–Kier alpha value is -3.54. The minimum Gasteiger partial charge on any atom is -0.495 e. The number of rotatable bonds is 5. The van der Waals surface area contributed by atoms with E-state index in [0.717, 1.165) is 5.69 Å². The van der Waals surface area contributed by atoms with Crippen molar-refractivity contribution in [3.8, 4) is 11.4 Å². The molecule has 0 spiro atoms. The van der Waals surface area contributed by atoms with E-state index in [1.807, 2.05) is 41.2 Å². The zero-order valence-electron chi connectivity index (χ0n) is 14.5. The quantitative estimate of drug-likeness (QED) is 0.738. The highest BCUT2D eigenvalue weighted by molar-refractivity contribution is 6.05. The van der Waals surface area contributed by atoms with Gasteiger partial charge in [-0.05, 0) is 54.6 Å². The maximum atomic E-state index is 12.5. The highest BCUT2D eigenvalue weighted by Crippen LogP contribution is 2.28. The van der Waals surface area contributed by atoms with Gasteiger partial charge in [-0.25, -0.2) is 0 Å². The van der Waals surface area contributed by atoms with E-state index >= 15 is 0 Å². The zero-order chi connectivity index (χ0) is 18.5. The van der Waals surface area contributed by atoms with Crippen molar-refractivity contribution < 1.29 is 14.3 Å². The van der Waals surface area contributed by atoms with Gasteiger partial charge in [-0.15, -0.1) is 0 Å². The number of nitrogens with one attached hydrogen (secondary N) is 2. The molecule has 3 aromatic rings. The lowest BCUT2D eigenvalue weighted by atomic mass is 10.2. The van der Waals surface area contributed by atoms with Crippen LogP contribution in [0.2, 0.25) is 0 Å². The van der Waals surface area contributed by atoms with Gasteiger partial charge >= 0.3 is 0 Å². The van der Waals surface area contributed by atoms with Crippen LogP contribution in [0.1, 0.15) is 17.3 Å². The minimum atomic E-state index is -0.233. The molecule has 2 aromatic carbocycles. The lowest BCUT2D eigenvalue weighted by Crippen LogP contribution is -2.13. The molecule has 26 heavy (non-hydrogen) atoms. The molecule has 0 saturated carbocycles. The van der Waals surface area contributed by atoms with Crippen LogP contribution in [0.5, 0.6) is 5.75 Å². The fourth-order valence-electron chi connectivity index (χ4n) is 2.57. The summed E-state index contributed by atoms with van der Waals surface area (Å²) in [6.45, 7) is 1.41. The molecule has 0 fully saturated rings. The molecule has 0 aliphatic carbocycles. The number of hydrogen-bond acceptors (Lipinski definition) is 3. The number of aromatic nitrogens is 1. The number of carbonyl (C=O) groups is 2. The van der Waals surface area contributed by atoms with Gasteiger partial charge in [-0.2, -0.15) is 0 Å². The number of ether oxygens (including phenoxy) is 1. The fourth-order valence-corrected chi connectivity index (χ4v) is 2.57. The lowest BCUT2D eigenvalue weighted by molar-refractivity contribution is -0.114. The van der Waals surface area contributed by atoms with E-state index in [4.69, 9.17) is 4.74 Å². The molecule has 1 aromatic heterocycles. The van der Waals surface area contributed by atoms with Gasteiger partial charge in [-0.3, -0.25) is 9.59 Å². The molecule has 0 saturated heterocycles. The van der Waals surface area contributed by atoms with Gasteiger partial charge in [0.2, 0.25) is 5.91 Å². The van der Waals surface area contributed by atoms with E-state index in [1.165, 1.54) is 14.0 Å². The molecule has 0 aliphatic heterocycles. The van der Waals surface area contributed by atoms with Crippen molar-refractivity contribution in [3.63, 3.8) is 0 Å². The average molecular weight is 349 g/mol. The largest absolute Gasteiger partial charge is 0.495 e. The molecular weight excluding hydrogens is 330 g/mol. The maximum absolute atomic E-state index is 12.5. The Kier molecular flexibility index (Phi) is 5.03. The van der Waals surface area contributed by atoms with Gasteiger partial charge in [0.05, 0.1) is 12.8 Å².